The molecule has 0 bridgehead atoms. The third-order valence-electron chi connectivity index (χ3n) is 2.05. The molecule has 1 rings (SSSR count). The predicted octanol–water partition coefficient (Wildman–Crippen LogP) is 2.19. The molecule has 0 saturated heterocycles. The number of carbonyl (C=O) groups is 1. The smallest absolute Gasteiger partial charge is 0.263 e. The molecule has 0 aliphatic rings. The van der Waals surface area contributed by atoms with Gasteiger partial charge in [-0.25, -0.2) is 0 Å². The van der Waals surface area contributed by atoms with Gasteiger partial charge in [0.2, 0.25) is 0 Å². The summed E-state index contributed by atoms with van der Waals surface area (Å²) in [6.45, 7) is 1.72. The number of hydrogen-bond acceptors (Lipinski definition) is 3. The predicted molar refractivity (Wildman–Crippen MR) is 67.5 cm³/mol. The number of hydrogen-bond donors (Lipinski definition) is 1. The Morgan fingerprint density at radius 1 is 1.60 bits per heavy atom. The van der Waals surface area contributed by atoms with Crippen molar-refractivity contribution < 1.29 is 4.79 Å². The summed E-state index contributed by atoms with van der Waals surface area (Å²) >= 11 is 4.82. The van der Waals surface area contributed by atoms with Gasteiger partial charge >= 0.3 is 0 Å². The van der Waals surface area contributed by atoms with Gasteiger partial charge in [-0.15, -0.1) is 11.3 Å². The molecular weight excluding hydrogens is 276 g/mol. The number of nitrogens with one attached hydrogen (secondary N) is 1. The Morgan fingerprint density at radius 3 is 2.87 bits per heavy atom. The van der Waals surface area contributed by atoms with Gasteiger partial charge in [-0.05, 0) is 48.1 Å². The lowest BCUT2D eigenvalue weighted by molar-refractivity contribution is 0.0798. The summed E-state index contributed by atoms with van der Waals surface area (Å²) in [5.74, 6) is 0.0989. The van der Waals surface area contributed by atoms with Gasteiger partial charge < -0.3 is 10.2 Å². The van der Waals surface area contributed by atoms with Crippen molar-refractivity contribution in [3.63, 3.8) is 0 Å². The quantitative estimate of drug-likeness (QED) is 0.843. The molecule has 1 aromatic heterocycles. The molecule has 0 saturated carbocycles. The van der Waals surface area contributed by atoms with Crippen LogP contribution in [0.5, 0.6) is 0 Å². The van der Waals surface area contributed by atoms with E-state index >= 15 is 0 Å². The van der Waals surface area contributed by atoms with Gasteiger partial charge in [0.1, 0.15) is 0 Å². The summed E-state index contributed by atoms with van der Waals surface area (Å²) < 4.78 is 0.995. The number of nitrogens with zero attached hydrogens (tertiary/aromatic N) is 1. The minimum absolute atomic E-state index is 0.0989. The van der Waals surface area contributed by atoms with Crippen molar-refractivity contribution >= 4 is 33.2 Å². The van der Waals surface area contributed by atoms with Crippen LogP contribution in [0.25, 0.3) is 0 Å². The fourth-order valence-corrected chi connectivity index (χ4v) is 2.59. The second-order valence-electron chi connectivity index (χ2n) is 3.29. The van der Waals surface area contributed by atoms with E-state index in [9.17, 15) is 4.79 Å². The molecule has 0 fully saturated rings. The number of carbonyl (C=O) groups excluding carboxylic acids is 1. The summed E-state index contributed by atoms with van der Waals surface area (Å²) in [5, 5.41) is 3.06. The van der Waals surface area contributed by atoms with E-state index in [1.165, 1.54) is 11.3 Å². The number of thiophene rings is 1. The zero-order chi connectivity index (χ0) is 11.3. The molecule has 15 heavy (non-hydrogen) atoms. The second kappa shape index (κ2) is 6.25. The maximum absolute atomic E-state index is 11.8. The highest BCUT2D eigenvalue weighted by Crippen LogP contribution is 2.22. The molecule has 1 heterocycles. The lowest BCUT2D eigenvalue weighted by atomic mass is 10.3. The minimum atomic E-state index is 0.0989. The van der Waals surface area contributed by atoms with Crippen LogP contribution >= 0.6 is 27.3 Å². The molecule has 0 aliphatic heterocycles. The molecule has 1 aromatic rings. The molecule has 3 nitrogen and oxygen atoms in total. The van der Waals surface area contributed by atoms with Gasteiger partial charge in [0, 0.05) is 13.6 Å². The van der Waals surface area contributed by atoms with Crippen LogP contribution in [0, 0.1) is 0 Å². The molecule has 1 amide bonds. The number of rotatable bonds is 5. The van der Waals surface area contributed by atoms with E-state index < -0.39 is 0 Å². The first-order valence-corrected chi connectivity index (χ1v) is 6.41. The fourth-order valence-electron chi connectivity index (χ4n) is 1.21. The molecule has 0 aromatic carbocycles. The summed E-state index contributed by atoms with van der Waals surface area (Å²) in [6, 6.07) is 3.75. The Hall–Kier alpha value is -0.390. The van der Waals surface area contributed by atoms with Crippen molar-refractivity contribution in [3.8, 4) is 0 Å². The lowest BCUT2D eigenvalue weighted by Gasteiger charge is -2.15. The van der Waals surface area contributed by atoms with Crippen LogP contribution in [0.3, 0.4) is 0 Å². The largest absolute Gasteiger partial charge is 0.341 e. The normalized spacial score (nSPS) is 10.3. The van der Waals surface area contributed by atoms with Crippen LogP contribution in [-0.4, -0.2) is 38.0 Å². The van der Waals surface area contributed by atoms with Crippen molar-refractivity contribution in [2.75, 3.05) is 27.2 Å². The van der Waals surface area contributed by atoms with Gasteiger partial charge in [0.05, 0.1) is 8.66 Å². The van der Waals surface area contributed by atoms with Crippen molar-refractivity contribution in [3.05, 3.63) is 20.8 Å². The van der Waals surface area contributed by atoms with Crippen LogP contribution in [0.2, 0.25) is 0 Å². The molecule has 0 atom stereocenters. The van der Waals surface area contributed by atoms with Gasteiger partial charge in [0.25, 0.3) is 5.91 Å². The number of amides is 1. The molecule has 0 unspecified atom stereocenters. The highest BCUT2D eigenvalue weighted by molar-refractivity contribution is 9.11. The molecule has 0 radical (unpaired) electrons. The van der Waals surface area contributed by atoms with E-state index in [1.54, 1.807) is 4.90 Å². The Kier molecular flexibility index (Phi) is 5.28. The average molecular weight is 291 g/mol. The molecule has 5 heteroatoms. The van der Waals surface area contributed by atoms with Gasteiger partial charge in [0.15, 0.2) is 0 Å². The average Bonchev–Trinajstić information content (AvgIpc) is 2.64. The fraction of sp³-hybridized carbons (Fsp3) is 0.500. The molecule has 0 spiro atoms. The van der Waals surface area contributed by atoms with Crippen LogP contribution in [0.4, 0.5) is 0 Å². The zero-order valence-electron chi connectivity index (χ0n) is 8.92. The summed E-state index contributed by atoms with van der Waals surface area (Å²) in [5.41, 5.74) is 0. The molecule has 84 valence electrons. The van der Waals surface area contributed by atoms with Crippen molar-refractivity contribution in [1.82, 2.24) is 10.2 Å². The second-order valence-corrected chi connectivity index (χ2v) is 5.75. The maximum atomic E-state index is 11.8. The van der Waals surface area contributed by atoms with E-state index in [1.807, 2.05) is 26.2 Å². The first kappa shape index (κ1) is 12.7. The van der Waals surface area contributed by atoms with Crippen LogP contribution in [0.1, 0.15) is 16.1 Å². The molecule has 0 aliphatic carbocycles. The third kappa shape index (κ3) is 3.93. The van der Waals surface area contributed by atoms with Gasteiger partial charge in [-0.1, -0.05) is 0 Å². The van der Waals surface area contributed by atoms with E-state index in [4.69, 9.17) is 0 Å². The standard InChI is InChI=1S/C10H15BrN2OS/c1-12-6-3-7-13(2)10(14)8-4-5-9(11)15-8/h4-5,12H,3,6-7H2,1-2H3. The Morgan fingerprint density at radius 2 is 2.33 bits per heavy atom. The SMILES string of the molecule is CNCCCN(C)C(=O)c1ccc(Br)s1. The van der Waals surface area contributed by atoms with Gasteiger partial charge in [-0.3, -0.25) is 4.79 Å². The zero-order valence-corrected chi connectivity index (χ0v) is 11.3. The minimum Gasteiger partial charge on any atom is -0.341 e. The van der Waals surface area contributed by atoms with E-state index in [0.717, 1.165) is 28.2 Å². The summed E-state index contributed by atoms with van der Waals surface area (Å²) in [4.78, 5) is 14.4. The van der Waals surface area contributed by atoms with Crippen LogP contribution in [-0.2, 0) is 0 Å². The van der Waals surface area contributed by atoms with E-state index in [-0.39, 0.29) is 5.91 Å². The van der Waals surface area contributed by atoms with E-state index in [0.29, 0.717) is 0 Å². The lowest BCUT2D eigenvalue weighted by Crippen LogP contribution is -2.28. The number of halogens is 1. The van der Waals surface area contributed by atoms with Crippen molar-refractivity contribution in [1.29, 1.82) is 0 Å². The van der Waals surface area contributed by atoms with Crippen LogP contribution < -0.4 is 5.32 Å². The third-order valence-corrected chi connectivity index (χ3v) is 3.66. The first-order chi connectivity index (χ1) is 7.15. The maximum Gasteiger partial charge on any atom is 0.263 e. The van der Waals surface area contributed by atoms with Gasteiger partial charge in [-0.2, -0.15) is 0 Å². The van der Waals surface area contributed by atoms with Crippen molar-refractivity contribution in [2.45, 2.75) is 6.42 Å². The Bertz CT molecular complexity index is 327. The molecule has 1 N–H and O–H groups in total. The topological polar surface area (TPSA) is 32.3 Å². The van der Waals surface area contributed by atoms with E-state index in [2.05, 4.69) is 21.2 Å². The van der Waals surface area contributed by atoms with Crippen molar-refractivity contribution in [2.24, 2.45) is 0 Å². The monoisotopic (exact) mass is 290 g/mol. The first-order valence-electron chi connectivity index (χ1n) is 4.80. The summed E-state index contributed by atoms with van der Waals surface area (Å²) in [7, 11) is 3.75. The summed E-state index contributed by atoms with van der Waals surface area (Å²) in [6.07, 6.45) is 0.977. The highest BCUT2D eigenvalue weighted by atomic mass is 79.9. The Labute approximate surface area is 103 Å². The van der Waals surface area contributed by atoms with Crippen LogP contribution in [0.15, 0.2) is 15.9 Å². The molecular formula is C10H15BrN2OS. The Balaban J connectivity index is 2.46. The highest BCUT2D eigenvalue weighted by Gasteiger charge is 2.12.